The van der Waals surface area contributed by atoms with Crippen LogP contribution in [0.1, 0.15) is 29.6 Å². The van der Waals surface area contributed by atoms with Crippen LogP contribution in [-0.4, -0.2) is 32.3 Å². The number of hydrogen-bond acceptors (Lipinski definition) is 6. The maximum Gasteiger partial charge on any atom is 0.244 e. The van der Waals surface area contributed by atoms with Crippen molar-refractivity contribution in [2.75, 3.05) is 12.4 Å². The van der Waals surface area contributed by atoms with Crippen molar-refractivity contribution >= 4 is 5.95 Å². The van der Waals surface area contributed by atoms with Gasteiger partial charge >= 0.3 is 0 Å². The Kier molecular flexibility index (Phi) is 3.38. The van der Waals surface area contributed by atoms with Crippen molar-refractivity contribution in [3.8, 4) is 5.75 Å². The van der Waals surface area contributed by atoms with Crippen LogP contribution in [0.4, 0.5) is 5.95 Å². The fourth-order valence-electron chi connectivity index (χ4n) is 3.04. The second kappa shape index (κ2) is 5.68. The highest BCUT2D eigenvalue weighted by Gasteiger charge is 2.32. The molecular weight excluding hydrogens is 292 g/mol. The van der Waals surface area contributed by atoms with Gasteiger partial charge in [-0.3, -0.25) is 4.98 Å². The summed E-state index contributed by atoms with van der Waals surface area (Å²) in [4.78, 5) is 4.21. The largest absolute Gasteiger partial charge is 0.496 e. The van der Waals surface area contributed by atoms with Crippen LogP contribution < -0.4 is 10.1 Å². The Bertz CT molecular complexity index is 803. The molecule has 0 fully saturated rings. The van der Waals surface area contributed by atoms with Crippen LogP contribution in [0.15, 0.2) is 48.8 Å². The quantitative estimate of drug-likeness (QED) is 0.799. The molecule has 7 nitrogen and oxygen atoms in total. The maximum absolute atomic E-state index is 5.52. The Morgan fingerprint density at radius 2 is 2.13 bits per heavy atom. The van der Waals surface area contributed by atoms with E-state index < -0.39 is 0 Å². The van der Waals surface area contributed by atoms with Crippen LogP contribution in [0.3, 0.4) is 0 Å². The SMILES string of the molecule is COc1ccccc1[C@@H]1C[C@@H](c2cccnc2)Nc2nnnn21. The average Bonchev–Trinajstić information content (AvgIpc) is 3.10. The van der Waals surface area contributed by atoms with Crippen molar-refractivity contribution in [2.24, 2.45) is 0 Å². The summed E-state index contributed by atoms with van der Waals surface area (Å²) in [6.07, 6.45) is 4.45. The van der Waals surface area contributed by atoms with Crippen molar-refractivity contribution in [1.29, 1.82) is 0 Å². The Balaban J connectivity index is 1.77. The summed E-state index contributed by atoms with van der Waals surface area (Å²) >= 11 is 0. The zero-order valence-corrected chi connectivity index (χ0v) is 12.6. The van der Waals surface area contributed by atoms with Crippen LogP contribution >= 0.6 is 0 Å². The third-order valence-corrected chi connectivity index (χ3v) is 4.14. The summed E-state index contributed by atoms with van der Waals surface area (Å²) in [5.41, 5.74) is 2.18. The highest BCUT2D eigenvalue weighted by molar-refractivity contribution is 5.41. The molecule has 1 aliphatic rings. The number of rotatable bonds is 3. The number of anilines is 1. The van der Waals surface area contributed by atoms with E-state index in [-0.39, 0.29) is 12.1 Å². The van der Waals surface area contributed by atoms with Gasteiger partial charge in [0.05, 0.1) is 19.2 Å². The summed E-state index contributed by atoms with van der Waals surface area (Å²) in [7, 11) is 1.68. The fourth-order valence-corrected chi connectivity index (χ4v) is 3.04. The van der Waals surface area contributed by atoms with Gasteiger partial charge in [-0.1, -0.05) is 29.4 Å². The van der Waals surface area contributed by atoms with E-state index >= 15 is 0 Å². The minimum Gasteiger partial charge on any atom is -0.496 e. The Hall–Kier alpha value is -2.96. The smallest absolute Gasteiger partial charge is 0.244 e. The van der Waals surface area contributed by atoms with Gasteiger partial charge in [0, 0.05) is 18.0 Å². The number of para-hydroxylation sites is 1. The van der Waals surface area contributed by atoms with Crippen LogP contribution in [0.25, 0.3) is 0 Å². The molecule has 1 N–H and O–H groups in total. The van der Waals surface area contributed by atoms with E-state index in [1.807, 2.05) is 35.1 Å². The van der Waals surface area contributed by atoms with Crippen molar-refractivity contribution in [3.63, 3.8) is 0 Å². The first-order valence-corrected chi connectivity index (χ1v) is 7.44. The second-order valence-electron chi connectivity index (χ2n) is 5.42. The highest BCUT2D eigenvalue weighted by Crippen LogP contribution is 2.39. The van der Waals surface area contributed by atoms with Crippen molar-refractivity contribution in [1.82, 2.24) is 25.2 Å². The number of ether oxygens (including phenoxy) is 1. The average molecular weight is 308 g/mol. The Morgan fingerprint density at radius 1 is 1.22 bits per heavy atom. The summed E-state index contributed by atoms with van der Waals surface area (Å²) < 4.78 is 7.33. The predicted molar refractivity (Wildman–Crippen MR) is 84.2 cm³/mol. The standard InChI is InChI=1S/C16H16N6O/c1-23-15-7-3-2-6-12(15)14-9-13(11-5-4-8-17-10-11)18-16-19-20-21-22(14)16/h2-8,10,13-14H,9H2,1H3,(H,18,19,21)/t13-,14-/m0/s1. The molecule has 0 saturated carbocycles. The van der Waals surface area contributed by atoms with Gasteiger partial charge in [0.2, 0.25) is 5.95 Å². The van der Waals surface area contributed by atoms with Gasteiger partial charge in [0.25, 0.3) is 0 Å². The number of nitrogens with one attached hydrogen (secondary N) is 1. The lowest BCUT2D eigenvalue weighted by atomic mass is 9.93. The van der Waals surface area contributed by atoms with Gasteiger partial charge in [-0.05, 0) is 34.5 Å². The summed E-state index contributed by atoms with van der Waals surface area (Å²) in [6, 6.07) is 12.1. The summed E-state index contributed by atoms with van der Waals surface area (Å²) in [5.74, 6) is 1.49. The van der Waals surface area contributed by atoms with Gasteiger partial charge in [-0.15, -0.1) is 0 Å². The molecule has 23 heavy (non-hydrogen) atoms. The number of hydrogen-bond donors (Lipinski definition) is 1. The first-order chi connectivity index (χ1) is 11.4. The maximum atomic E-state index is 5.52. The third-order valence-electron chi connectivity index (χ3n) is 4.14. The Morgan fingerprint density at radius 3 is 2.96 bits per heavy atom. The predicted octanol–water partition coefficient (Wildman–Crippen LogP) is 2.22. The number of tetrazole rings is 1. The number of methoxy groups -OCH3 is 1. The minimum atomic E-state index is 0.00241. The first kappa shape index (κ1) is 13.7. The number of pyridine rings is 1. The molecule has 0 saturated heterocycles. The van der Waals surface area contributed by atoms with Crippen LogP contribution in [0, 0.1) is 0 Å². The van der Waals surface area contributed by atoms with E-state index in [0.29, 0.717) is 5.95 Å². The van der Waals surface area contributed by atoms with Crippen molar-refractivity contribution in [3.05, 3.63) is 59.9 Å². The number of aromatic nitrogens is 5. The first-order valence-electron chi connectivity index (χ1n) is 7.44. The van der Waals surface area contributed by atoms with Crippen molar-refractivity contribution in [2.45, 2.75) is 18.5 Å². The molecule has 0 aliphatic carbocycles. The fraction of sp³-hybridized carbons (Fsp3) is 0.250. The molecule has 1 aliphatic heterocycles. The molecule has 0 bridgehead atoms. The van der Waals surface area contributed by atoms with E-state index in [4.69, 9.17) is 4.74 Å². The lowest BCUT2D eigenvalue weighted by Gasteiger charge is -2.31. The molecular formula is C16H16N6O. The molecule has 3 heterocycles. The van der Waals surface area contributed by atoms with E-state index in [1.165, 1.54) is 0 Å². The van der Waals surface area contributed by atoms with E-state index in [1.54, 1.807) is 13.3 Å². The summed E-state index contributed by atoms with van der Waals surface area (Å²) in [6.45, 7) is 0. The molecule has 0 spiro atoms. The molecule has 3 aromatic rings. The zero-order valence-electron chi connectivity index (χ0n) is 12.6. The lowest BCUT2D eigenvalue weighted by Crippen LogP contribution is -2.28. The van der Waals surface area contributed by atoms with Gasteiger partial charge in [0.15, 0.2) is 0 Å². The normalized spacial score (nSPS) is 19.7. The molecule has 7 heteroatoms. The van der Waals surface area contributed by atoms with E-state index in [9.17, 15) is 0 Å². The molecule has 0 radical (unpaired) electrons. The number of fused-ring (bicyclic) bond motifs is 1. The molecule has 116 valence electrons. The van der Waals surface area contributed by atoms with E-state index in [0.717, 1.165) is 23.3 Å². The number of nitrogens with zero attached hydrogens (tertiary/aromatic N) is 5. The molecule has 4 rings (SSSR count). The van der Waals surface area contributed by atoms with Crippen LogP contribution in [0.5, 0.6) is 5.75 Å². The van der Waals surface area contributed by atoms with E-state index in [2.05, 4.69) is 38.0 Å². The van der Waals surface area contributed by atoms with Gasteiger partial charge in [-0.25, -0.2) is 4.68 Å². The van der Waals surface area contributed by atoms with Crippen LogP contribution in [-0.2, 0) is 0 Å². The number of benzene rings is 1. The van der Waals surface area contributed by atoms with Gasteiger partial charge in [-0.2, -0.15) is 0 Å². The van der Waals surface area contributed by atoms with Gasteiger partial charge < -0.3 is 10.1 Å². The van der Waals surface area contributed by atoms with Crippen LogP contribution in [0.2, 0.25) is 0 Å². The summed E-state index contributed by atoms with van der Waals surface area (Å²) in [5, 5.41) is 15.4. The minimum absolute atomic E-state index is 0.00241. The molecule has 2 aromatic heterocycles. The van der Waals surface area contributed by atoms with Gasteiger partial charge in [0.1, 0.15) is 5.75 Å². The molecule has 2 atom stereocenters. The molecule has 1 aromatic carbocycles. The van der Waals surface area contributed by atoms with Crippen molar-refractivity contribution < 1.29 is 4.74 Å². The highest BCUT2D eigenvalue weighted by atomic mass is 16.5. The lowest BCUT2D eigenvalue weighted by molar-refractivity contribution is 0.377. The Labute approximate surface area is 133 Å². The molecule has 0 amide bonds. The monoisotopic (exact) mass is 308 g/mol. The third kappa shape index (κ3) is 2.40. The molecule has 0 unspecified atom stereocenters. The second-order valence-corrected chi connectivity index (χ2v) is 5.42. The zero-order chi connectivity index (χ0) is 15.6. The topological polar surface area (TPSA) is 77.8 Å².